The van der Waals surface area contributed by atoms with Crippen LogP contribution >= 0.6 is 11.6 Å². The summed E-state index contributed by atoms with van der Waals surface area (Å²) in [5, 5.41) is 1.60. The third-order valence-corrected chi connectivity index (χ3v) is 3.27. The first kappa shape index (κ1) is 11.2. The monoisotopic (exact) mass is 257 g/mol. The van der Waals surface area contributed by atoms with Gasteiger partial charge in [0.05, 0.1) is 5.02 Å². The molecule has 0 saturated carbocycles. The van der Waals surface area contributed by atoms with Gasteiger partial charge in [0.1, 0.15) is 5.76 Å². The van der Waals surface area contributed by atoms with E-state index in [4.69, 9.17) is 21.8 Å². The summed E-state index contributed by atoms with van der Waals surface area (Å²) in [6.45, 7) is 2.03. The molecule has 2 aromatic carbocycles. The van der Waals surface area contributed by atoms with Crippen LogP contribution in [0.1, 0.15) is 5.56 Å². The van der Waals surface area contributed by atoms with Gasteiger partial charge >= 0.3 is 0 Å². The molecule has 0 radical (unpaired) electrons. The molecule has 0 unspecified atom stereocenters. The summed E-state index contributed by atoms with van der Waals surface area (Å²) in [7, 11) is 0. The van der Waals surface area contributed by atoms with Crippen LogP contribution in [-0.2, 0) is 0 Å². The molecule has 0 bridgehead atoms. The van der Waals surface area contributed by atoms with Crippen LogP contribution in [0.2, 0.25) is 5.02 Å². The average Bonchev–Trinajstić information content (AvgIpc) is 2.77. The molecule has 0 fully saturated rings. The highest BCUT2D eigenvalue weighted by Crippen LogP contribution is 2.34. The van der Waals surface area contributed by atoms with E-state index < -0.39 is 0 Å². The Labute approximate surface area is 110 Å². The lowest BCUT2D eigenvalue weighted by Gasteiger charge is -2.03. The number of benzene rings is 2. The first-order valence-corrected chi connectivity index (χ1v) is 6.07. The van der Waals surface area contributed by atoms with E-state index in [2.05, 4.69) is 0 Å². The summed E-state index contributed by atoms with van der Waals surface area (Å²) < 4.78 is 5.81. The van der Waals surface area contributed by atoms with Gasteiger partial charge in [-0.1, -0.05) is 35.4 Å². The molecule has 3 aromatic rings. The number of nitrogen functional groups attached to an aromatic ring is 1. The lowest BCUT2D eigenvalue weighted by molar-refractivity contribution is 0.632. The molecule has 18 heavy (non-hydrogen) atoms. The molecule has 0 atom stereocenters. The number of hydrogen-bond acceptors (Lipinski definition) is 2. The normalized spacial score (nSPS) is 11.0. The van der Waals surface area contributed by atoms with Gasteiger partial charge in [-0.3, -0.25) is 0 Å². The van der Waals surface area contributed by atoms with E-state index >= 15 is 0 Å². The van der Waals surface area contributed by atoms with Crippen molar-refractivity contribution >= 4 is 28.3 Å². The van der Waals surface area contributed by atoms with E-state index in [0.717, 1.165) is 22.3 Å². The molecule has 1 heterocycles. The molecule has 0 saturated heterocycles. The fraction of sp³-hybridized carbons (Fsp3) is 0.0667. The summed E-state index contributed by atoms with van der Waals surface area (Å²) in [4.78, 5) is 0. The number of hydrogen-bond donors (Lipinski definition) is 1. The van der Waals surface area contributed by atoms with Crippen molar-refractivity contribution in [1.82, 2.24) is 0 Å². The number of furan rings is 1. The second-order valence-electron chi connectivity index (χ2n) is 4.36. The van der Waals surface area contributed by atoms with Gasteiger partial charge in [-0.2, -0.15) is 0 Å². The second kappa shape index (κ2) is 4.07. The number of halogens is 1. The van der Waals surface area contributed by atoms with E-state index in [0.29, 0.717) is 16.3 Å². The van der Waals surface area contributed by atoms with Crippen molar-refractivity contribution in [1.29, 1.82) is 0 Å². The smallest absolute Gasteiger partial charge is 0.153 e. The zero-order valence-electron chi connectivity index (χ0n) is 9.91. The maximum Gasteiger partial charge on any atom is 0.153 e. The molecule has 0 spiro atoms. The van der Waals surface area contributed by atoms with Crippen LogP contribution in [0.5, 0.6) is 0 Å². The number of fused-ring (bicyclic) bond motifs is 1. The van der Waals surface area contributed by atoms with Gasteiger partial charge in [-0.25, -0.2) is 0 Å². The highest BCUT2D eigenvalue weighted by atomic mass is 35.5. The molecular weight excluding hydrogens is 246 g/mol. The molecule has 2 N–H and O–H groups in total. The topological polar surface area (TPSA) is 39.2 Å². The van der Waals surface area contributed by atoms with Crippen molar-refractivity contribution in [3.63, 3.8) is 0 Å². The van der Waals surface area contributed by atoms with Crippen LogP contribution in [0.25, 0.3) is 22.3 Å². The van der Waals surface area contributed by atoms with Crippen molar-refractivity contribution < 1.29 is 4.42 Å². The van der Waals surface area contributed by atoms with E-state index in [-0.39, 0.29) is 0 Å². The summed E-state index contributed by atoms with van der Waals surface area (Å²) in [5.74, 6) is 0.749. The minimum Gasteiger partial charge on any atom is -0.454 e. The maximum atomic E-state index is 6.10. The summed E-state index contributed by atoms with van der Waals surface area (Å²) in [6, 6.07) is 13.5. The lowest BCUT2D eigenvalue weighted by atomic mass is 10.1. The number of aryl methyl sites for hydroxylation is 1. The Morgan fingerprint density at radius 3 is 2.72 bits per heavy atom. The standard InChI is InChI=1S/C15H12ClNO/c1-9-5-6-13(17)11(7-9)14-8-10-3-2-4-12(16)15(10)18-14/h2-8H,17H2,1H3. The number of nitrogens with two attached hydrogens (primary N) is 1. The van der Waals surface area contributed by atoms with Crippen molar-refractivity contribution in [2.45, 2.75) is 6.92 Å². The van der Waals surface area contributed by atoms with Gasteiger partial charge in [-0.15, -0.1) is 0 Å². The first-order chi connectivity index (χ1) is 8.65. The lowest BCUT2D eigenvalue weighted by Crippen LogP contribution is -1.89. The van der Waals surface area contributed by atoms with Crippen LogP contribution in [-0.4, -0.2) is 0 Å². The van der Waals surface area contributed by atoms with Gasteiger partial charge in [0.25, 0.3) is 0 Å². The van der Waals surface area contributed by atoms with Gasteiger partial charge < -0.3 is 10.2 Å². The van der Waals surface area contributed by atoms with Crippen LogP contribution in [0, 0.1) is 6.92 Å². The second-order valence-corrected chi connectivity index (χ2v) is 4.77. The Bertz CT molecular complexity index is 730. The Hall–Kier alpha value is -1.93. The van der Waals surface area contributed by atoms with Gasteiger partial charge in [0.2, 0.25) is 0 Å². The van der Waals surface area contributed by atoms with E-state index in [1.54, 1.807) is 0 Å². The Morgan fingerprint density at radius 1 is 1.11 bits per heavy atom. The Morgan fingerprint density at radius 2 is 1.94 bits per heavy atom. The molecule has 0 amide bonds. The Kier molecular flexibility index (Phi) is 2.53. The third kappa shape index (κ3) is 1.75. The van der Waals surface area contributed by atoms with Crippen molar-refractivity contribution in [2.75, 3.05) is 5.73 Å². The third-order valence-electron chi connectivity index (χ3n) is 2.97. The molecule has 0 aliphatic carbocycles. The summed E-state index contributed by atoms with van der Waals surface area (Å²) in [6.07, 6.45) is 0. The van der Waals surface area contributed by atoms with Crippen molar-refractivity contribution in [3.05, 3.63) is 53.1 Å². The quantitative estimate of drug-likeness (QED) is 0.645. The molecule has 3 rings (SSSR count). The minimum atomic E-state index is 0.616. The molecule has 0 aliphatic heterocycles. The van der Waals surface area contributed by atoms with E-state index in [1.807, 2.05) is 49.4 Å². The van der Waals surface area contributed by atoms with Crippen molar-refractivity contribution in [3.8, 4) is 11.3 Å². The molecule has 90 valence electrons. The largest absolute Gasteiger partial charge is 0.454 e. The summed E-state index contributed by atoms with van der Waals surface area (Å²) in [5.41, 5.74) is 9.45. The average molecular weight is 258 g/mol. The molecule has 2 nitrogen and oxygen atoms in total. The number of para-hydroxylation sites is 1. The zero-order valence-corrected chi connectivity index (χ0v) is 10.7. The first-order valence-electron chi connectivity index (χ1n) is 5.70. The van der Waals surface area contributed by atoms with E-state index in [1.165, 1.54) is 0 Å². The van der Waals surface area contributed by atoms with E-state index in [9.17, 15) is 0 Å². The van der Waals surface area contributed by atoms with Crippen LogP contribution in [0.3, 0.4) is 0 Å². The van der Waals surface area contributed by atoms with Gasteiger partial charge in [0.15, 0.2) is 5.58 Å². The molecule has 0 aliphatic rings. The predicted octanol–water partition coefficient (Wildman–Crippen LogP) is 4.64. The fourth-order valence-corrected chi connectivity index (χ4v) is 2.26. The predicted molar refractivity (Wildman–Crippen MR) is 75.8 cm³/mol. The van der Waals surface area contributed by atoms with Gasteiger partial charge in [-0.05, 0) is 31.2 Å². The minimum absolute atomic E-state index is 0.616. The highest BCUT2D eigenvalue weighted by molar-refractivity contribution is 6.34. The SMILES string of the molecule is Cc1ccc(N)c(-c2cc3cccc(Cl)c3o2)c1. The van der Waals surface area contributed by atoms with Crippen LogP contribution in [0.4, 0.5) is 5.69 Å². The van der Waals surface area contributed by atoms with Crippen LogP contribution < -0.4 is 5.73 Å². The Balaban J connectivity index is 2.26. The molecular formula is C15H12ClNO. The molecule has 1 aromatic heterocycles. The van der Waals surface area contributed by atoms with Crippen molar-refractivity contribution in [2.24, 2.45) is 0 Å². The fourth-order valence-electron chi connectivity index (χ4n) is 2.04. The summed E-state index contributed by atoms with van der Waals surface area (Å²) >= 11 is 6.10. The maximum absolute atomic E-state index is 6.10. The zero-order chi connectivity index (χ0) is 12.7. The highest BCUT2D eigenvalue weighted by Gasteiger charge is 2.11. The van der Waals surface area contributed by atoms with Gasteiger partial charge in [0, 0.05) is 16.6 Å². The molecule has 3 heteroatoms. The number of anilines is 1. The van der Waals surface area contributed by atoms with Crippen LogP contribution in [0.15, 0.2) is 46.9 Å². The number of rotatable bonds is 1.